The SMILES string of the molecule is COc1cc([C@H]2Nc3ccc4ccccc4c3C3=C2C(=O)CC(C)(C)C3)ccc1OCc1ccc(F)cc1Cl. The Morgan fingerprint density at radius 3 is 2.62 bits per heavy atom. The third kappa shape index (κ3) is 4.65. The number of Topliss-reactive ketones (excluding diaryl/α,β-unsaturated/α-hetero) is 1. The molecule has 0 saturated heterocycles. The number of methoxy groups -OCH3 is 1. The minimum absolute atomic E-state index is 0.122. The summed E-state index contributed by atoms with van der Waals surface area (Å²) in [5.74, 6) is 0.855. The summed E-state index contributed by atoms with van der Waals surface area (Å²) in [4.78, 5) is 13.7. The van der Waals surface area contributed by atoms with Crippen molar-refractivity contribution < 1.29 is 18.7 Å². The smallest absolute Gasteiger partial charge is 0.162 e. The second-order valence-electron chi connectivity index (χ2n) is 11.1. The van der Waals surface area contributed by atoms with Crippen molar-refractivity contribution in [2.75, 3.05) is 12.4 Å². The normalized spacial score (nSPS) is 17.9. The standard InChI is InChI=1S/C33H29ClFNO3/c1-33(2)16-24-30-23-7-5-4-6-19(23)9-12-26(30)36-32(31(24)27(37)17-33)20-10-13-28(29(14-20)38-3)39-18-21-8-11-22(35)15-25(21)34/h4-15,32,36H,16-18H2,1-3H3/t32-/m1/s1. The van der Waals surface area contributed by atoms with Crippen LogP contribution in [0.2, 0.25) is 5.02 Å². The van der Waals surface area contributed by atoms with E-state index >= 15 is 0 Å². The molecule has 0 spiro atoms. The predicted octanol–water partition coefficient (Wildman–Crippen LogP) is 8.53. The maximum atomic E-state index is 13.7. The van der Waals surface area contributed by atoms with E-state index in [0.29, 0.717) is 28.5 Å². The molecule has 4 aromatic carbocycles. The summed E-state index contributed by atoms with van der Waals surface area (Å²) in [7, 11) is 1.59. The van der Waals surface area contributed by atoms with Crippen LogP contribution in [0.3, 0.4) is 0 Å². The molecule has 1 heterocycles. The van der Waals surface area contributed by atoms with Crippen LogP contribution in [0.15, 0.2) is 78.4 Å². The van der Waals surface area contributed by atoms with Crippen LogP contribution in [0, 0.1) is 11.2 Å². The first-order valence-electron chi connectivity index (χ1n) is 13.0. The van der Waals surface area contributed by atoms with Gasteiger partial charge in [0.2, 0.25) is 0 Å². The highest BCUT2D eigenvalue weighted by Gasteiger charge is 2.41. The molecule has 0 radical (unpaired) electrons. The second kappa shape index (κ2) is 9.73. The highest BCUT2D eigenvalue weighted by Crippen LogP contribution is 2.52. The summed E-state index contributed by atoms with van der Waals surface area (Å²) in [5, 5.41) is 6.29. The Morgan fingerprint density at radius 1 is 1.00 bits per heavy atom. The van der Waals surface area contributed by atoms with E-state index in [1.165, 1.54) is 12.1 Å². The molecule has 0 unspecified atom stereocenters. The number of hydrogen-bond donors (Lipinski definition) is 1. The Kier molecular flexibility index (Phi) is 6.35. The number of hydrogen-bond acceptors (Lipinski definition) is 4. The molecule has 6 rings (SSSR count). The third-order valence-electron chi connectivity index (χ3n) is 7.66. The molecule has 0 aromatic heterocycles. The van der Waals surface area contributed by atoms with Crippen LogP contribution < -0.4 is 14.8 Å². The Bertz CT molecular complexity index is 1660. The van der Waals surface area contributed by atoms with Crippen molar-refractivity contribution in [1.82, 2.24) is 0 Å². The maximum absolute atomic E-state index is 13.7. The first-order valence-corrected chi connectivity index (χ1v) is 13.4. The van der Waals surface area contributed by atoms with Gasteiger partial charge >= 0.3 is 0 Å². The lowest BCUT2D eigenvalue weighted by Crippen LogP contribution is -2.33. The van der Waals surface area contributed by atoms with Crippen molar-refractivity contribution >= 4 is 39.4 Å². The van der Waals surface area contributed by atoms with Gasteiger partial charge in [-0.1, -0.05) is 67.9 Å². The van der Waals surface area contributed by atoms with Crippen molar-refractivity contribution in [2.45, 2.75) is 39.3 Å². The molecule has 0 amide bonds. The maximum Gasteiger partial charge on any atom is 0.162 e. The highest BCUT2D eigenvalue weighted by molar-refractivity contribution is 6.31. The number of allylic oxidation sites excluding steroid dienone is 1. The summed E-state index contributed by atoms with van der Waals surface area (Å²) in [5.41, 5.74) is 5.56. The van der Waals surface area contributed by atoms with Crippen molar-refractivity contribution in [1.29, 1.82) is 0 Å². The number of ether oxygens (including phenoxy) is 2. The predicted molar refractivity (Wildman–Crippen MR) is 154 cm³/mol. The lowest BCUT2D eigenvalue weighted by molar-refractivity contribution is -0.118. The number of nitrogens with one attached hydrogen (secondary N) is 1. The lowest BCUT2D eigenvalue weighted by atomic mass is 9.68. The van der Waals surface area contributed by atoms with Gasteiger partial charge in [0, 0.05) is 28.8 Å². The number of fused-ring (bicyclic) bond motifs is 4. The molecule has 0 saturated carbocycles. The average molecular weight is 542 g/mol. The highest BCUT2D eigenvalue weighted by atomic mass is 35.5. The van der Waals surface area contributed by atoms with Gasteiger partial charge in [0.1, 0.15) is 12.4 Å². The van der Waals surface area contributed by atoms with Gasteiger partial charge in [0.15, 0.2) is 17.3 Å². The number of carbonyl (C=O) groups is 1. The molecule has 1 atom stereocenters. The van der Waals surface area contributed by atoms with Crippen molar-refractivity contribution in [2.24, 2.45) is 5.41 Å². The summed E-state index contributed by atoms with van der Waals surface area (Å²) < 4.78 is 25.1. The average Bonchev–Trinajstić information content (AvgIpc) is 2.91. The molecule has 198 valence electrons. The number of halogens is 2. The monoisotopic (exact) mass is 541 g/mol. The van der Waals surface area contributed by atoms with Crippen LogP contribution in [0.25, 0.3) is 16.3 Å². The van der Waals surface area contributed by atoms with Gasteiger partial charge in [-0.2, -0.15) is 0 Å². The first-order chi connectivity index (χ1) is 18.7. The molecule has 1 aliphatic carbocycles. The van der Waals surface area contributed by atoms with E-state index in [9.17, 15) is 9.18 Å². The van der Waals surface area contributed by atoms with Crippen LogP contribution in [0.5, 0.6) is 11.5 Å². The molecule has 4 aromatic rings. The summed E-state index contributed by atoms with van der Waals surface area (Å²) in [6.45, 7) is 4.50. The molecule has 1 aliphatic heterocycles. The fraction of sp³-hybridized carbons (Fsp3) is 0.242. The van der Waals surface area contributed by atoms with Gasteiger partial charge in [-0.05, 0) is 64.1 Å². The van der Waals surface area contributed by atoms with Gasteiger partial charge in [-0.25, -0.2) is 4.39 Å². The lowest BCUT2D eigenvalue weighted by Gasteiger charge is -2.40. The van der Waals surface area contributed by atoms with E-state index in [4.69, 9.17) is 21.1 Å². The molecular weight excluding hydrogens is 513 g/mol. The Balaban J connectivity index is 1.40. The van der Waals surface area contributed by atoms with E-state index in [0.717, 1.165) is 45.2 Å². The van der Waals surface area contributed by atoms with Crippen molar-refractivity contribution in [3.05, 3.63) is 106 Å². The van der Waals surface area contributed by atoms with E-state index in [1.807, 2.05) is 30.3 Å². The largest absolute Gasteiger partial charge is 0.493 e. The molecule has 39 heavy (non-hydrogen) atoms. The number of benzene rings is 4. The van der Waals surface area contributed by atoms with Gasteiger partial charge in [-0.15, -0.1) is 0 Å². The van der Waals surface area contributed by atoms with Crippen LogP contribution >= 0.6 is 11.6 Å². The molecule has 1 N–H and O–H groups in total. The zero-order chi connectivity index (χ0) is 27.3. The fourth-order valence-corrected chi connectivity index (χ4v) is 6.09. The van der Waals surface area contributed by atoms with Crippen molar-refractivity contribution in [3.63, 3.8) is 0 Å². The molecule has 0 bridgehead atoms. The van der Waals surface area contributed by atoms with Gasteiger partial charge in [-0.3, -0.25) is 4.79 Å². The molecule has 4 nitrogen and oxygen atoms in total. The molecule has 0 fully saturated rings. The van der Waals surface area contributed by atoms with Crippen LogP contribution in [0.1, 0.15) is 49.4 Å². The summed E-state index contributed by atoms with van der Waals surface area (Å²) >= 11 is 6.18. The number of anilines is 1. The van der Waals surface area contributed by atoms with E-state index in [-0.39, 0.29) is 23.8 Å². The molecule has 2 aliphatic rings. The third-order valence-corrected chi connectivity index (χ3v) is 8.01. The molecule has 6 heteroatoms. The van der Waals surface area contributed by atoms with Gasteiger partial charge < -0.3 is 14.8 Å². The van der Waals surface area contributed by atoms with E-state index in [2.05, 4.69) is 43.4 Å². The fourth-order valence-electron chi connectivity index (χ4n) is 5.86. The number of carbonyl (C=O) groups excluding carboxylic acids is 1. The Hall–Kier alpha value is -3.83. The zero-order valence-electron chi connectivity index (χ0n) is 22.1. The van der Waals surface area contributed by atoms with Gasteiger partial charge in [0.05, 0.1) is 18.2 Å². The number of ketones is 1. The van der Waals surface area contributed by atoms with Crippen molar-refractivity contribution in [3.8, 4) is 11.5 Å². The Labute approximate surface area is 232 Å². The second-order valence-corrected chi connectivity index (χ2v) is 11.5. The Morgan fingerprint density at radius 2 is 1.82 bits per heavy atom. The summed E-state index contributed by atoms with van der Waals surface area (Å²) in [6.07, 6.45) is 1.32. The van der Waals surface area contributed by atoms with Gasteiger partial charge in [0.25, 0.3) is 0 Å². The summed E-state index contributed by atoms with van der Waals surface area (Å²) in [6, 6.07) is 22.2. The first kappa shape index (κ1) is 25.4. The number of rotatable bonds is 5. The molecular formula is C33H29ClFNO3. The van der Waals surface area contributed by atoms with E-state index < -0.39 is 5.82 Å². The topological polar surface area (TPSA) is 47.6 Å². The zero-order valence-corrected chi connectivity index (χ0v) is 22.9. The van der Waals surface area contributed by atoms with Crippen LogP contribution in [0.4, 0.5) is 10.1 Å². The minimum Gasteiger partial charge on any atom is -0.493 e. The van der Waals surface area contributed by atoms with Crippen LogP contribution in [-0.2, 0) is 11.4 Å². The minimum atomic E-state index is -0.394. The van der Waals surface area contributed by atoms with E-state index in [1.54, 1.807) is 13.2 Å². The van der Waals surface area contributed by atoms with Crippen LogP contribution in [-0.4, -0.2) is 12.9 Å². The quantitative estimate of drug-likeness (QED) is 0.275.